The maximum atomic E-state index is 13.3. The van der Waals surface area contributed by atoms with Crippen molar-refractivity contribution in [2.75, 3.05) is 11.9 Å². The largest absolute Gasteiger partial charge is 0.444 e. The topological polar surface area (TPSA) is 113 Å². The van der Waals surface area contributed by atoms with Crippen molar-refractivity contribution in [3.63, 3.8) is 0 Å². The van der Waals surface area contributed by atoms with Gasteiger partial charge in [-0.2, -0.15) is 10.2 Å². The van der Waals surface area contributed by atoms with Gasteiger partial charge in [0, 0.05) is 13.1 Å². The summed E-state index contributed by atoms with van der Waals surface area (Å²) in [7, 11) is 0. The van der Waals surface area contributed by atoms with Crippen molar-refractivity contribution in [1.82, 2.24) is 25.3 Å². The number of nitrogens with zero attached hydrogens (tertiary/aromatic N) is 4. The van der Waals surface area contributed by atoms with E-state index >= 15 is 0 Å². The predicted molar refractivity (Wildman–Crippen MR) is 116 cm³/mol. The summed E-state index contributed by atoms with van der Waals surface area (Å²) in [6.07, 6.45) is -0.438. The Morgan fingerprint density at radius 3 is 2.68 bits per heavy atom. The van der Waals surface area contributed by atoms with Gasteiger partial charge in [0.15, 0.2) is 11.5 Å². The first-order valence-electron chi connectivity index (χ1n) is 10.2. The lowest BCUT2D eigenvalue weighted by atomic mass is 9.89. The van der Waals surface area contributed by atoms with E-state index in [0.29, 0.717) is 18.0 Å². The quantitative estimate of drug-likeness (QED) is 0.654. The fourth-order valence-corrected chi connectivity index (χ4v) is 3.73. The van der Waals surface area contributed by atoms with Crippen LogP contribution in [0.15, 0.2) is 24.3 Å². The zero-order valence-electron chi connectivity index (χ0n) is 18.3. The summed E-state index contributed by atoms with van der Waals surface area (Å²) < 4.78 is 5.54. The fraction of sp³-hybridized carbons (Fsp3) is 0.409. The van der Waals surface area contributed by atoms with Gasteiger partial charge >= 0.3 is 6.09 Å². The predicted octanol–water partition coefficient (Wildman–Crippen LogP) is 3.44. The third kappa shape index (κ3) is 4.08. The number of hydrogen-bond acceptors (Lipinski definition) is 6. The zero-order chi connectivity index (χ0) is 22.3. The van der Waals surface area contributed by atoms with E-state index in [0.717, 1.165) is 27.8 Å². The lowest BCUT2D eigenvalue weighted by molar-refractivity contribution is -0.118. The lowest BCUT2D eigenvalue weighted by Gasteiger charge is -2.35. The van der Waals surface area contributed by atoms with Gasteiger partial charge in [-0.3, -0.25) is 9.89 Å². The number of aromatic amines is 1. The molecule has 1 atom stereocenters. The van der Waals surface area contributed by atoms with Crippen LogP contribution in [0.3, 0.4) is 0 Å². The van der Waals surface area contributed by atoms with Crippen molar-refractivity contribution in [3.05, 3.63) is 46.6 Å². The highest BCUT2D eigenvalue weighted by Crippen LogP contribution is 2.31. The molecule has 162 valence electrons. The van der Waals surface area contributed by atoms with Crippen molar-refractivity contribution < 1.29 is 14.3 Å². The number of fused-ring (bicyclic) bond motifs is 2. The molecule has 0 spiro atoms. The Labute approximate surface area is 180 Å². The van der Waals surface area contributed by atoms with Crippen LogP contribution in [0.4, 0.5) is 10.6 Å². The number of nitrogens with one attached hydrogen (secondary N) is 2. The monoisotopic (exact) mass is 422 g/mol. The number of aromatic nitrogens is 4. The van der Waals surface area contributed by atoms with Gasteiger partial charge in [-0.25, -0.2) is 4.79 Å². The summed E-state index contributed by atoms with van der Waals surface area (Å²) in [5.41, 5.74) is 3.38. The number of rotatable bonds is 2. The molecule has 3 heterocycles. The number of hydrogen-bond donors (Lipinski definition) is 2. The molecule has 0 saturated heterocycles. The molecule has 1 aromatic carbocycles. The van der Waals surface area contributed by atoms with Crippen molar-refractivity contribution >= 4 is 28.9 Å². The van der Waals surface area contributed by atoms with Gasteiger partial charge in [0.2, 0.25) is 5.91 Å². The number of ether oxygens (including phenoxy) is 1. The number of carbonyl (C=O) groups is 2. The number of aryl methyl sites for hydroxylation is 2. The molecule has 1 aliphatic rings. The van der Waals surface area contributed by atoms with E-state index in [-0.39, 0.29) is 12.5 Å². The van der Waals surface area contributed by atoms with Crippen LogP contribution in [0.1, 0.15) is 49.1 Å². The van der Waals surface area contributed by atoms with E-state index in [4.69, 9.17) is 4.74 Å². The second-order valence-corrected chi connectivity index (χ2v) is 8.81. The number of benzene rings is 1. The van der Waals surface area contributed by atoms with Gasteiger partial charge in [0.05, 0.1) is 17.0 Å². The lowest BCUT2D eigenvalue weighted by Crippen LogP contribution is -2.44. The summed E-state index contributed by atoms with van der Waals surface area (Å²) in [4.78, 5) is 27.6. The maximum absolute atomic E-state index is 13.3. The van der Waals surface area contributed by atoms with Gasteiger partial charge in [0.25, 0.3) is 0 Å². The summed E-state index contributed by atoms with van der Waals surface area (Å²) >= 11 is 0. The molecule has 0 bridgehead atoms. The molecule has 4 rings (SSSR count). The molecule has 2 aromatic heterocycles. The molecular weight excluding hydrogens is 396 g/mol. The Kier molecular flexibility index (Phi) is 5.12. The second kappa shape index (κ2) is 7.64. The van der Waals surface area contributed by atoms with E-state index in [9.17, 15) is 9.59 Å². The molecule has 0 saturated carbocycles. The van der Waals surface area contributed by atoms with Crippen LogP contribution in [0.25, 0.3) is 11.0 Å². The number of H-pyrrole nitrogens is 1. The van der Waals surface area contributed by atoms with Crippen LogP contribution < -0.4 is 5.32 Å². The standard InChI is InChI=1S/C22H26N6O3/c1-12-13(2)24-26-19-17(12)18(25-27-19)23-20(29)16-11-28(21(30)31-22(3,4)5)10-14-8-6-7-9-15(14)16/h6-9,16H,10-11H2,1-5H3,(H2,23,25,26,27,29). The van der Waals surface area contributed by atoms with Gasteiger partial charge in [0.1, 0.15) is 5.60 Å². The summed E-state index contributed by atoms with van der Waals surface area (Å²) in [5, 5.41) is 18.9. The Balaban J connectivity index is 1.64. The minimum Gasteiger partial charge on any atom is -0.444 e. The molecule has 0 fully saturated rings. The minimum absolute atomic E-state index is 0.220. The third-order valence-electron chi connectivity index (χ3n) is 5.37. The first-order chi connectivity index (χ1) is 14.6. The van der Waals surface area contributed by atoms with Crippen molar-refractivity contribution in [2.24, 2.45) is 0 Å². The summed E-state index contributed by atoms with van der Waals surface area (Å²) in [6, 6.07) is 7.66. The van der Waals surface area contributed by atoms with Gasteiger partial charge in [-0.1, -0.05) is 24.3 Å². The summed E-state index contributed by atoms with van der Waals surface area (Å²) in [6.45, 7) is 9.86. The fourth-order valence-electron chi connectivity index (χ4n) is 3.73. The van der Waals surface area contributed by atoms with E-state index in [2.05, 4.69) is 25.7 Å². The molecule has 0 radical (unpaired) electrons. The first-order valence-corrected chi connectivity index (χ1v) is 10.2. The highest BCUT2D eigenvalue weighted by molar-refractivity contribution is 6.03. The minimum atomic E-state index is -0.615. The van der Waals surface area contributed by atoms with Crippen LogP contribution in [-0.4, -0.2) is 49.4 Å². The highest BCUT2D eigenvalue weighted by Gasteiger charge is 2.35. The van der Waals surface area contributed by atoms with Gasteiger partial charge < -0.3 is 15.0 Å². The normalized spacial score (nSPS) is 16.2. The average molecular weight is 422 g/mol. The zero-order valence-corrected chi connectivity index (χ0v) is 18.3. The average Bonchev–Trinajstić information content (AvgIpc) is 3.12. The second-order valence-electron chi connectivity index (χ2n) is 8.81. The first kappa shape index (κ1) is 20.8. The molecular formula is C22H26N6O3. The molecule has 1 unspecified atom stereocenters. The number of amides is 2. The smallest absolute Gasteiger partial charge is 0.410 e. The van der Waals surface area contributed by atoms with Crippen molar-refractivity contribution in [2.45, 2.75) is 52.7 Å². The van der Waals surface area contributed by atoms with Crippen LogP contribution in [0.5, 0.6) is 0 Å². The molecule has 1 aliphatic heterocycles. The number of carbonyl (C=O) groups excluding carboxylic acids is 2. The van der Waals surface area contributed by atoms with E-state index in [1.807, 2.05) is 58.9 Å². The molecule has 3 aromatic rings. The summed E-state index contributed by atoms with van der Waals surface area (Å²) in [5.74, 6) is -0.397. The molecule has 31 heavy (non-hydrogen) atoms. The molecule has 9 nitrogen and oxygen atoms in total. The molecule has 9 heteroatoms. The SMILES string of the molecule is Cc1nnc2[nH]nc(NC(=O)C3CN(C(=O)OC(C)(C)C)Cc4ccccc43)c2c1C. The molecule has 0 aliphatic carbocycles. The molecule has 2 N–H and O–H groups in total. The van der Waals surface area contributed by atoms with Crippen LogP contribution in [0.2, 0.25) is 0 Å². The van der Waals surface area contributed by atoms with Crippen molar-refractivity contribution in [1.29, 1.82) is 0 Å². The Morgan fingerprint density at radius 2 is 1.94 bits per heavy atom. The number of anilines is 1. The Morgan fingerprint density at radius 1 is 1.19 bits per heavy atom. The maximum Gasteiger partial charge on any atom is 0.410 e. The highest BCUT2D eigenvalue weighted by atomic mass is 16.6. The van der Waals surface area contributed by atoms with E-state index in [1.54, 1.807) is 4.90 Å². The van der Waals surface area contributed by atoms with Crippen molar-refractivity contribution in [3.8, 4) is 0 Å². The van der Waals surface area contributed by atoms with Crippen LogP contribution in [-0.2, 0) is 16.1 Å². The van der Waals surface area contributed by atoms with E-state index < -0.39 is 17.6 Å². The van der Waals surface area contributed by atoms with Gasteiger partial charge in [-0.15, -0.1) is 5.10 Å². The Hall–Kier alpha value is -3.49. The van der Waals surface area contributed by atoms with Crippen LogP contribution >= 0.6 is 0 Å². The Bertz CT molecular complexity index is 1160. The van der Waals surface area contributed by atoms with E-state index in [1.165, 1.54) is 0 Å². The third-order valence-corrected chi connectivity index (χ3v) is 5.37. The van der Waals surface area contributed by atoms with Gasteiger partial charge in [-0.05, 0) is 51.3 Å². The molecule has 2 amide bonds. The van der Waals surface area contributed by atoms with Crippen LogP contribution in [0, 0.1) is 13.8 Å².